The SMILES string of the molecule is Cc1occc1CN(C)C(=O)C(C)Cl. The average molecular weight is 216 g/mol. The second-order valence-corrected chi connectivity index (χ2v) is 3.97. The van der Waals surface area contributed by atoms with Gasteiger partial charge in [0.05, 0.1) is 6.26 Å². The van der Waals surface area contributed by atoms with Crippen LogP contribution in [-0.4, -0.2) is 23.2 Å². The molecule has 0 aliphatic carbocycles. The zero-order valence-corrected chi connectivity index (χ0v) is 9.34. The molecule has 0 N–H and O–H groups in total. The molecule has 1 atom stereocenters. The lowest BCUT2D eigenvalue weighted by Crippen LogP contribution is -2.31. The van der Waals surface area contributed by atoms with Crippen LogP contribution < -0.4 is 0 Å². The number of carbonyl (C=O) groups excluding carboxylic acids is 1. The van der Waals surface area contributed by atoms with Gasteiger partial charge >= 0.3 is 0 Å². The van der Waals surface area contributed by atoms with Gasteiger partial charge in [0.2, 0.25) is 5.91 Å². The van der Waals surface area contributed by atoms with Crippen LogP contribution in [0.15, 0.2) is 16.7 Å². The predicted octanol–water partition coefficient (Wildman–Crippen LogP) is 2.17. The third kappa shape index (κ3) is 2.51. The first-order valence-electron chi connectivity index (χ1n) is 4.44. The van der Waals surface area contributed by atoms with Crippen LogP contribution in [0.5, 0.6) is 0 Å². The average Bonchev–Trinajstić information content (AvgIpc) is 2.50. The lowest BCUT2D eigenvalue weighted by Gasteiger charge is -2.17. The molecule has 0 bridgehead atoms. The molecule has 1 rings (SSSR count). The third-order valence-electron chi connectivity index (χ3n) is 2.09. The van der Waals surface area contributed by atoms with Gasteiger partial charge in [0.15, 0.2) is 0 Å². The lowest BCUT2D eigenvalue weighted by molar-refractivity contribution is -0.129. The number of amides is 1. The van der Waals surface area contributed by atoms with Gasteiger partial charge in [-0.3, -0.25) is 4.79 Å². The molecule has 0 fully saturated rings. The second-order valence-electron chi connectivity index (χ2n) is 3.31. The number of hydrogen-bond acceptors (Lipinski definition) is 2. The largest absolute Gasteiger partial charge is 0.469 e. The summed E-state index contributed by atoms with van der Waals surface area (Å²) in [5.74, 6) is 0.763. The predicted molar refractivity (Wildman–Crippen MR) is 55.2 cm³/mol. The molecule has 4 heteroatoms. The molecule has 0 spiro atoms. The van der Waals surface area contributed by atoms with E-state index in [2.05, 4.69) is 0 Å². The maximum absolute atomic E-state index is 11.4. The van der Waals surface area contributed by atoms with Crippen LogP contribution in [0.1, 0.15) is 18.2 Å². The first-order valence-corrected chi connectivity index (χ1v) is 4.88. The Morgan fingerprint density at radius 3 is 2.79 bits per heavy atom. The van der Waals surface area contributed by atoms with Crippen molar-refractivity contribution in [1.29, 1.82) is 0 Å². The molecule has 0 saturated heterocycles. The maximum Gasteiger partial charge on any atom is 0.240 e. The molecule has 0 aliphatic heterocycles. The van der Waals surface area contributed by atoms with E-state index in [1.807, 2.05) is 13.0 Å². The van der Waals surface area contributed by atoms with E-state index in [9.17, 15) is 4.79 Å². The highest BCUT2D eigenvalue weighted by atomic mass is 35.5. The minimum atomic E-state index is -0.479. The number of aryl methyl sites for hydroxylation is 1. The van der Waals surface area contributed by atoms with Gasteiger partial charge in [-0.1, -0.05) is 0 Å². The summed E-state index contributed by atoms with van der Waals surface area (Å²) in [7, 11) is 1.73. The number of furan rings is 1. The van der Waals surface area contributed by atoms with Crippen molar-refractivity contribution in [3.8, 4) is 0 Å². The Bertz CT molecular complexity index is 320. The van der Waals surface area contributed by atoms with Gasteiger partial charge in [0.1, 0.15) is 11.1 Å². The molecule has 0 saturated carbocycles. The van der Waals surface area contributed by atoms with E-state index >= 15 is 0 Å². The fourth-order valence-corrected chi connectivity index (χ4v) is 1.38. The molecule has 1 aromatic heterocycles. The number of halogens is 1. The number of nitrogens with zero attached hydrogens (tertiary/aromatic N) is 1. The number of carbonyl (C=O) groups is 1. The fraction of sp³-hybridized carbons (Fsp3) is 0.500. The summed E-state index contributed by atoms with van der Waals surface area (Å²) in [5, 5.41) is -0.479. The summed E-state index contributed by atoms with van der Waals surface area (Å²) >= 11 is 5.69. The van der Waals surface area contributed by atoms with Crippen LogP contribution in [0, 0.1) is 6.92 Å². The van der Waals surface area contributed by atoms with E-state index in [0.717, 1.165) is 11.3 Å². The Labute approximate surface area is 88.6 Å². The van der Waals surface area contributed by atoms with Crippen LogP contribution in [0.25, 0.3) is 0 Å². The van der Waals surface area contributed by atoms with Crippen molar-refractivity contribution in [3.05, 3.63) is 23.7 Å². The Morgan fingerprint density at radius 2 is 2.36 bits per heavy atom. The van der Waals surface area contributed by atoms with Crippen LogP contribution in [-0.2, 0) is 11.3 Å². The van der Waals surface area contributed by atoms with Crippen molar-refractivity contribution in [1.82, 2.24) is 4.90 Å². The standard InChI is InChI=1S/C10H14ClNO2/c1-7(11)10(13)12(3)6-9-4-5-14-8(9)2/h4-5,7H,6H2,1-3H3. The van der Waals surface area contributed by atoms with E-state index < -0.39 is 5.38 Å². The van der Waals surface area contributed by atoms with Crippen molar-refractivity contribution >= 4 is 17.5 Å². The topological polar surface area (TPSA) is 33.5 Å². The van der Waals surface area contributed by atoms with Gasteiger partial charge in [-0.15, -0.1) is 11.6 Å². The highest BCUT2D eigenvalue weighted by Crippen LogP contribution is 2.12. The first-order chi connectivity index (χ1) is 6.52. The zero-order valence-electron chi connectivity index (χ0n) is 8.58. The van der Waals surface area contributed by atoms with Gasteiger partial charge in [0.25, 0.3) is 0 Å². The van der Waals surface area contributed by atoms with Crippen LogP contribution in [0.3, 0.4) is 0 Å². The van der Waals surface area contributed by atoms with Crippen LogP contribution in [0.4, 0.5) is 0 Å². The van der Waals surface area contributed by atoms with Gasteiger partial charge < -0.3 is 9.32 Å². The summed E-state index contributed by atoms with van der Waals surface area (Å²) < 4.78 is 5.13. The zero-order chi connectivity index (χ0) is 10.7. The van der Waals surface area contributed by atoms with Gasteiger partial charge in [0, 0.05) is 19.2 Å². The summed E-state index contributed by atoms with van der Waals surface area (Å²) in [4.78, 5) is 13.0. The molecule has 0 aliphatic rings. The van der Waals surface area contributed by atoms with Gasteiger partial charge in [-0.05, 0) is 19.9 Å². The quantitative estimate of drug-likeness (QED) is 0.725. The molecule has 1 aromatic rings. The van der Waals surface area contributed by atoms with Crippen molar-refractivity contribution in [2.24, 2.45) is 0 Å². The van der Waals surface area contributed by atoms with E-state index in [4.69, 9.17) is 16.0 Å². The monoisotopic (exact) mass is 215 g/mol. The number of hydrogen-bond donors (Lipinski definition) is 0. The number of rotatable bonds is 3. The highest BCUT2D eigenvalue weighted by Gasteiger charge is 2.15. The van der Waals surface area contributed by atoms with Crippen molar-refractivity contribution in [2.75, 3.05) is 7.05 Å². The lowest BCUT2D eigenvalue weighted by atomic mass is 10.2. The molecule has 1 heterocycles. The third-order valence-corrected chi connectivity index (χ3v) is 2.28. The maximum atomic E-state index is 11.4. The Balaban J connectivity index is 2.62. The van der Waals surface area contributed by atoms with Crippen molar-refractivity contribution in [2.45, 2.75) is 25.8 Å². The van der Waals surface area contributed by atoms with Gasteiger partial charge in [-0.25, -0.2) is 0 Å². The Morgan fingerprint density at radius 1 is 1.71 bits per heavy atom. The minimum absolute atomic E-state index is 0.0766. The molecule has 1 unspecified atom stereocenters. The summed E-state index contributed by atoms with van der Waals surface area (Å²) in [6, 6.07) is 1.86. The first kappa shape index (κ1) is 11.1. The van der Waals surface area contributed by atoms with E-state index in [-0.39, 0.29) is 5.91 Å². The molecule has 0 radical (unpaired) electrons. The molecular formula is C10H14ClNO2. The second kappa shape index (κ2) is 4.51. The summed E-state index contributed by atoms with van der Waals surface area (Å²) in [6.45, 7) is 4.08. The molecule has 1 amide bonds. The van der Waals surface area contributed by atoms with Crippen LogP contribution in [0.2, 0.25) is 0 Å². The molecule has 78 valence electrons. The Kier molecular flexibility index (Phi) is 3.58. The van der Waals surface area contributed by atoms with E-state index in [1.165, 1.54) is 0 Å². The van der Waals surface area contributed by atoms with Crippen molar-refractivity contribution in [3.63, 3.8) is 0 Å². The van der Waals surface area contributed by atoms with E-state index in [0.29, 0.717) is 6.54 Å². The normalized spacial score (nSPS) is 12.6. The minimum Gasteiger partial charge on any atom is -0.469 e. The summed E-state index contributed by atoms with van der Waals surface area (Å²) in [6.07, 6.45) is 1.62. The van der Waals surface area contributed by atoms with Crippen LogP contribution >= 0.6 is 11.6 Å². The molecule has 0 aromatic carbocycles. The summed E-state index contributed by atoms with van der Waals surface area (Å²) in [5.41, 5.74) is 1.01. The van der Waals surface area contributed by atoms with Gasteiger partial charge in [-0.2, -0.15) is 0 Å². The molecule has 3 nitrogen and oxygen atoms in total. The molecule has 14 heavy (non-hydrogen) atoms. The molecular weight excluding hydrogens is 202 g/mol. The van der Waals surface area contributed by atoms with E-state index in [1.54, 1.807) is 25.1 Å². The number of alkyl halides is 1. The smallest absolute Gasteiger partial charge is 0.240 e. The Hall–Kier alpha value is -0.960. The van der Waals surface area contributed by atoms with Crippen molar-refractivity contribution < 1.29 is 9.21 Å². The highest BCUT2D eigenvalue weighted by molar-refractivity contribution is 6.30. The fourth-order valence-electron chi connectivity index (χ4n) is 1.21.